The fraction of sp³-hybridized carbons (Fsp3) is 0.500. The van der Waals surface area contributed by atoms with E-state index >= 15 is 0 Å². The van der Waals surface area contributed by atoms with Crippen molar-refractivity contribution in [3.05, 3.63) is 35.9 Å². The molecule has 1 N–H and O–H groups in total. The number of nitrogens with one attached hydrogen (secondary N) is 1. The van der Waals surface area contributed by atoms with E-state index in [-0.39, 0.29) is 23.9 Å². The predicted octanol–water partition coefficient (Wildman–Crippen LogP) is 1.74. The molecule has 0 aromatic heterocycles. The molecular formula is C16H22N2O2. The summed E-state index contributed by atoms with van der Waals surface area (Å²) < 4.78 is 0. The standard InChI is InChI=1S/C16H22N2O2/c1-12-15(20)18(11-14(19)17-12)16(2,3)10-9-13-7-5-4-6-8-13/h4-8,12H,9-11H2,1-3H3,(H,17,19). The molecule has 108 valence electrons. The number of amides is 2. The molecule has 20 heavy (non-hydrogen) atoms. The number of rotatable bonds is 4. The van der Waals surface area contributed by atoms with E-state index < -0.39 is 6.04 Å². The van der Waals surface area contributed by atoms with Gasteiger partial charge in [0.1, 0.15) is 12.6 Å². The molecule has 4 nitrogen and oxygen atoms in total. The summed E-state index contributed by atoms with van der Waals surface area (Å²) in [7, 11) is 0. The molecule has 1 aromatic carbocycles. The van der Waals surface area contributed by atoms with Crippen LogP contribution in [0.2, 0.25) is 0 Å². The van der Waals surface area contributed by atoms with E-state index in [4.69, 9.17) is 0 Å². The highest BCUT2D eigenvalue weighted by atomic mass is 16.2. The molecule has 0 radical (unpaired) electrons. The molecule has 1 aromatic rings. The molecule has 1 aliphatic rings. The van der Waals surface area contributed by atoms with Crippen molar-refractivity contribution in [2.24, 2.45) is 0 Å². The van der Waals surface area contributed by atoms with Crippen molar-refractivity contribution in [1.29, 1.82) is 0 Å². The highest BCUT2D eigenvalue weighted by Crippen LogP contribution is 2.23. The smallest absolute Gasteiger partial charge is 0.245 e. The number of nitrogens with zero attached hydrogens (tertiary/aromatic N) is 1. The van der Waals surface area contributed by atoms with Gasteiger partial charge in [0.25, 0.3) is 0 Å². The van der Waals surface area contributed by atoms with Crippen LogP contribution in [-0.2, 0) is 16.0 Å². The monoisotopic (exact) mass is 274 g/mol. The molecule has 0 spiro atoms. The Balaban J connectivity index is 2.05. The van der Waals surface area contributed by atoms with Gasteiger partial charge in [-0.1, -0.05) is 30.3 Å². The van der Waals surface area contributed by atoms with Gasteiger partial charge in [0.15, 0.2) is 0 Å². The minimum Gasteiger partial charge on any atom is -0.343 e. The number of aryl methyl sites for hydroxylation is 1. The Bertz CT molecular complexity index is 496. The molecule has 0 saturated carbocycles. The lowest BCUT2D eigenvalue weighted by Crippen LogP contribution is -2.62. The lowest BCUT2D eigenvalue weighted by atomic mass is 9.92. The Morgan fingerprint density at radius 3 is 2.55 bits per heavy atom. The van der Waals surface area contributed by atoms with Crippen molar-refractivity contribution in [3.8, 4) is 0 Å². The molecule has 1 fully saturated rings. The molecule has 2 amide bonds. The first kappa shape index (κ1) is 14.6. The zero-order valence-electron chi connectivity index (χ0n) is 12.3. The summed E-state index contributed by atoms with van der Waals surface area (Å²) in [6.45, 7) is 5.95. The van der Waals surface area contributed by atoms with Crippen LogP contribution in [0.5, 0.6) is 0 Å². The van der Waals surface area contributed by atoms with E-state index in [1.165, 1.54) is 5.56 Å². The Hall–Kier alpha value is -1.84. The van der Waals surface area contributed by atoms with Crippen molar-refractivity contribution >= 4 is 11.8 Å². The Morgan fingerprint density at radius 2 is 1.90 bits per heavy atom. The van der Waals surface area contributed by atoms with Gasteiger partial charge in [-0.2, -0.15) is 0 Å². The third-order valence-corrected chi connectivity index (χ3v) is 3.91. The van der Waals surface area contributed by atoms with Crippen LogP contribution in [0.25, 0.3) is 0 Å². The van der Waals surface area contributed by atoms with Crippen LogP contribution >= 0.6 is 0 Å². The number of hydrogen-bond acceptors (Lipinski definition) is 2. The third kappa shape index (κ3) is 3.18. The highest BCUT2D eigenvalue weighted by Gasteiger charge is 2.38. The van der Waals surface area contributed by atoms with Gasteiger partial charge in [-0.15, -0.1) is 0 Å². The quantitative estimate of drug-likeness (QED) is 0.909. The molecule has 1 saturated heterocycles. The maximum atomic E-state index is 12.2. The predicted molar refractivity (Wildman–Crippen MR) is 78.2 cm³/mol. The lowest BCUT2D eigenvalue weighted by molar-refractivity contribution is -0.149. The maximum Gasteiger partial charge on any atom is 0.245 e. The molecule has 1 heterocycles. The molecule has 0 bridgehead atoms. The molecule has 2 rings (SSSR count). The van der Waals surface area contributed by atoms with Gasteiger partial charge < -0.3 is 10.2 Å². The van der Waals surface area contributed by atoms with Gasteiger partial charge in [-0.3, -0.25) is 9.59 Å². The van der Waals surface area contributed by atoms with Crippen LogP contribution in [0.4, 0.5) is 0 Å². The summed E-state index contributed by atoms with van der Waals surface area (Å²) in [5.41, 5.74) is 0.932. The van der Waals surface area contributed by atoms with Crippen molar-refractivity contribution < 1.29 is 9.59 Å². The van der Waals surface area contributed by atoms with E-state index in [0.29, 0.717) is 0 Å². The zero-order chi connectivity index (χ0) is 14.8. The Kier molecular flexibility index (Phi) is 4.12. The average molecular weight is 274 g/mol. The zero-order valence-corrected chi connectivity index (χ0v) is 12.3. The van der Waals surface area contributed by atoms with Crippen molar-refractivity contribution in [3.63, 3.8) is 0 Å². The number of carbonyl (C=O) groups is 2. The van der Waals surface area contributed by atoms with Crippen LogP contribution in [0.15, 0.2) is 30.3 Å². The van der Waals surface area contributed by atoms with E-state index in [9.17, 15) is 9.59 Å². The average Bonchev–Trinajstić information content (AvgIpc) is 2.42. The normalized spacial score (nSPS) is 19.9. The number of piperazine rings is 1. The molecule has 1 aliphatic heterocycles. The molecule has 4 heteroatoms. The second kappa shape index (κ2) is 5.65. The van der Waals surface area contributed by atoms with E-state index in [1.807, 2.05) is 32.0 Å². The number of hydrogen-bond donors (Lipinski definition) is 1. The molecule has 1 unspecified atom stereocenters. The van der Waals surface area contributed by atoms with Gasteiger partial charge in [-0.05, 0) is 39.2 Å². The van der Waals surface area contributed by atoms with Crippen LogP contribution in [0.1, 0.15) is 32.8 Å². The minimum atomic E-state index is -0.424. The summed E-state index contributed by atoms with van der Waals surface area (Å²) in [4.78, 5) is 25.6. The second-order valence-electron chi connectivity index (χ2n) is 6.01. The van der Waals surface area contributed by atoms with E-state index in [1.54, 1.807) is 11.8 Å². The van der Waals surface area contributed by atoms with Gasteiger partial charge >= 0.3 is 0 Å². The van der Waals surface area contributed by atoms with Crippen molar-refractivity contribution in [2.45, 2.75) is 45.2 Å². The van der Waals surface area contributed by atoms with Crippen LogP contribution < -0.4 is 5.32 Å². The van der Waals surface area contributed by atoms with Gasteiger partial charge in [0.2, 0.25) is 11.8 Å². The lowest BCUT2D eigenvalue weighted by Gasteiger charge is -2.42. The Morgan fingerprint density at radius 1 is 1.25 bits per heavy atom. The van der Waals surface area contributed by atoms with Crippen LogP contribution in [0, 0.1) is 0 Å². The third-order valence-electron chi connectivity index (χ3n) is 3.91. The summed E-state index contributed by atoms with van der Waals surface area (Å²) in [6.07, 6.45) is 1.73. The summed E-state index contributed by atoms with van der Waals surface area (Å²) in [6, 6.07) is 9.78. The minimum absolute atomic E-state index is 0.00246. The number of benzene rings is 1. The highest BCUT2D eigenvalue weighted by molar-refractivity contribution is 5.95. The summed E-state index contributed by atoms with van der Waals surface area (Å²) >= 11 is 0. The Labute approximate surface area is 120 Å². The topological polar surface area (TPSA) is 49.4 Å². The maximum absolute atomic E-state index is 12.2. The molecule has 0 aliphatic carbocycles. The van der Waals surface area contributed by atoms with Crippen LogP contribution in [0.3, 0.4) is 0 Å². The van der Waals surface area contributed by atoms with Crippen LogP contribution in [-0.4, -0.2) is 34.8 Å². The second-order valence-corrected chi connectivity index (χ2v) is 6.01. The van der Waals surface area contributed by atoms with E-state index in [2.05, 4.69) is 17.4 Å². The largest absolute Gasteiger partial charge is 0.343 e. The molecule has 1 atom stereocenters. The fourth-order valence-electron chi connectivity index (χ4n) is 2.55. The summed E-state index contributed by atoms with van der Waals surface area (Å²) in [5, 5.41) is 2.67. The van der Waals surface area contributed by atoms with Gasteiger partial charge in [0, 0.05) is 5.54 Å². The van der Waals surface area contributed by atoms with Crippen molar-refractivity contribution in [1.82, 2.24) is 10.2 Å². The van der Waals surface area contributed by atoms with Crippen molar-refractivity contribution in [2.75, 3.05) is 6.54 Å². The van der Waals surface area contributed by atoms with Gasteiger partial charge in [0.05, 0.1) is 0 Å². The number of carbonyl (C=O) groups excluding carboxylic acids is 2. The molecular weight excluding hydrogens is 252 g/mol. The first-order valence-electron chi connectivity index (χ1n) is 7.05. The van der Waals surface area contributed by atoms with E-state index in [0.717, 1.165) is 12.8 Å². The SMILES string of the molecule is CC1NC(=O)CN(C(C)(C)CCc2ccccc2)C1=O. The van der Waals surface area contributed by atoms with Gasteiger partial charge in [-0.25, -0.2) is 0 Å². The summed E-state index contributed by atoms with van der Waals surface area (Å²) in [5.74, 6) is -0.0763. The first-order chi connectivity index (χ1) is 9.40. The first-order valence-corrected chi connectivity index (χ1v) is 7.05. The fourth-order valence-corrected chi connectivity index (χ4v) is 2.55.